The molecule has 3 rings (SSSR count). The third-order valence-electron chi connectivity index (χ3n) is 4.41. The van der Waals surface area contributed by atoms with Crippen LogP contribution in [0.15, 0.2) is 24.3 Å². The Balaban J connectivity index is 1.90. The lowest BCUT2D eigenvalue weighted by atomic mass is 10.2. The van der Waals surface area contributed by atoms with Crippen molar-refractivity contribution in [1.82, 2.24) is 14.7 Å². The van der Waals surface area contributed by atoms with E-state index in [2.05, 4.69) is 11.8 Å². The van der Waals surface area contributed by atoms with Gasteiger partial charge in [-0.05, 0) is 62.1 Å². The van der Waals surface area contributed by atoms with Gasteiger partial charge in [0.2, 0.25) is 0 Å². The van der Waals surface area contributed by atoms with E-state index in [0.717, 1.165) is 50.2 Å². The Bertz CT molecular complexity index is 645. The molecule has 0 unspecified atom stereocenters. The minimum Gasteiger partial charge on any atom is -0.395 e. The number of benzene rings is 1. The normalized spacial score (nSPS) is 13.7. The van der Waals surface area contributed by atoms with Crippen LogP contribution in [0, 0.1) is 5.82 Å². The number of aliphatic hydroxyl groups excluding tert-OH is 1. The molecule has 0 atom stereocenters. The molecule has 2 aromatic rings. The average molecular weight is 317 g/mol. The first-order chi connectivity index (χ1) is 11.2. The molecule has 1 heterocycles. The third-order valence-corrected chi connectivity index (χ3v) is 4.41. The van der Waals surface area contributed by atoms with Gasteiger partial charge in [-0.2, -0.15) is 5.10 Å². The highest BCUT2D eigenvalue weighted by Gasteiger charge is 2.24. The molecule has 0 saturated carbocycles. The van der Waals surface area contributed by atoms with Crippen molar-refractivity contribution in [3.63, 3.8) is 0 Å². The number of rotatable bonds is 7. The van der Waals surface area contributed by atoms with Crippen LogP contribution in [-0.4, -0.2) is 39.5 Å². The molecule has 1 aromatic carbocycles. The Morgan fingerprint density at radius 2 is 2.00 bits per heavy atom. The van der Waals surface area contributed by atoms with E-state index in [1.54, 1.807) is 12.1 Å². The Kier molecular flexibility index (Phi) is 5.08. The van der Waals surface area contributed by atoms with Crippen LogP contribution < -0.4 is 0 Å². The average Bonchev–Trinajstić information content (AvgIpc) is 3.13. The maximum atomic E-state index is 13.2. The zero-order valence-electron chi connectivity index (χ0n) is 13.6. The molecule has 0 radical (unpaired) electrons. The minimum atomic E-state index is -0.227. The zero-order valence-corrected chi connectivity index (χ0v) is 13.6. The topological polar surface area (TPSA) is 41.3 Å². The number of hydrogen-bond acceptors (Lipinski definition) is 3. The quantitative estimate of drug-likeness (QED) is 0.854. The largest absolute Gasteiger partial charge is 0.395 e. The molecule has 1 aliphatic rings. The standard InChI is InChI=1S/C18H24FN3O/c1-2-10-21(11-12-23)13-17-16-4-3-5-18(16)22(20-17)15-8-6-14(19)7-9-15/h6-9,23H,2-5,10-13H2,1H3. The number of aromatic nitrogens is 2. The second-order valence-corrected chi connectivity index (χ2v) is 6.11. The van der Waals surface area contributed by atoms with E-state index < -0.39 is 0 Å². The predicted molar refractivity (Wildman–Crippen MR) is 88.2 cm³/mol. The molecule has 4 nitrogen and oxygen atoms in total. The summed E-state index contributed by atoms with van der Waals surface area (Å²) in [7, 11) is 0. The maximum absolute atomic E-state index is 13.2. The van der Waals surface area contributed by atoms with Gasteiger partial charge in [0.25, 0.3) is 0 Å². The summed E-state index contributed by atoms with van der Waals surface area (Å²) in [5.74, 6) is -0.227. The van der Waals surface area contributed by atoms with Crippen LogP contribution in [0.3, 0.4) is 0 Å². The van der Waals surface area contributed by atoms with Crippen LogP contribution in [0.4, 0.5) is 4.39 Å². The lowest BCUT2D eigenvalue weighted by molar-refractivity contribution is 0.188. The van der Waals surface area contributed by atoms with Gasteiger partial charge in [-0.25, -0.2) is 9.07 Å². The van der Waals surface area contributed by atoms with Crippen molar-refractivity contribution in [2.75, 3.05) is 19.7 Å². The van der Waals surface area contributed by atoms with Gasteiger partial charge in [0.15, 0.2) is 0 Å². The van der Waals surface area contributed by atoms with Crippen molar-refractivity contribution >= 4 is 0 Å². The summed E-state index contributed by atoms with van der Waals surface area (Å²) < 4.78 is 15.1. The van der Waals surface area contributed by atoms with Gasteiger partial charge >= 0.3 is 0 Å². The number of fused-ring (bicyclic) bond motifs is 1. The van der Waals surface area contributed by atoms with Crippen molar-refractivity contribution in [2.45, 2.75) is 39.2 Å². The number of nitrogens with zero attached hydrogens (tertiary/aromatic N) is 3. The summed E-state index contributed by atoms with van der Waals surface area (Å²) in [4.78, 5) is 2.25. The maximum Gasteiger partial charge on any atom is 0.123 e. The first-order valence-electron chi connectivity index (χ1n) is 8.41. The van der Waals surface area contributed by atoms with Crippen molar-refractivity contribution in [1.29, 1.82) is 0 Å². The van der Waals surface area contributed by atoms with Crippen LogP contribution in [0.1, 0.15) is 36.7 Å². The zero-order chi connectivity index (χ0) is 16.2. The van der Waals surface area contributed by atoms with Gasteiger partial charge in [0.1, 0.15) is 5.82 Å². The molecule has 0 bridgehead atoms. The Morgan fingerprint density at radius 1 is 1.22 bits per heavy atom. The number of hydrogen-bond donors (Lipinski definition) is 1. The molecule has 124 valence electrons. The van der Waals surface area contributed by atoms with Gasteiger partial charge in [-0.15, -0.1) is 0 Å². The van der Waals surface area contributed by atoms with Gasteiger partial charge in [-0.1, -0.05) is 6.92 Å². The summed E-state index contributed by atoms with van der Waals surface area (Å²) in [6.45, 7) is 4.71. The lowest BCUT2D eigenvalue weighted by Gasteiger charge is -2.19. The smallest absolute Gasteiger partial charge is 0.123 e. The molecule has 0 amide bonds. The van der Waals surface area contributed by atoms with Gasteiger partial charge in [0.05, 0.1) is 18.0 Å². The van der Waals surface area contributed by atoms with Crippen molar-refractivity contribution in [3.8, 4) is 5.69 Å². The molecule has 1 aliphatic carbocycles. The summed E-state index contributed by atoms with van der Waals surface area (Å²) in [5.41, 5.74) is 4.61. The number of aliphatic hydroxyl groups is 1. The molecular weight excluding hydrogens is 293 g/mol. The van der Waals surface area contributed by atoms with E-state index in [-0.39, 0.29) is 12.4 Å². The Morgan fingerprint density at radius 3 is 2.70 bits per heavy atom. The monoisotopic (exact) mass is 317 g/mol. The van der Waals surface area contributed by atoms with Crippen LogP contribution >= 0.6 is 0 Å². The lowest BCUT2D eigenvalue weighted by Crippen LogP contribution is -2.28. The molecule has 5 heteroatoms. The van der Waals surface area contributed by atoms with Gasteiger partial charge in [0, 0.05) is 18.8 Å². The van der Waals surface area contributed by atoms with Crippen molar-refractivity contribution in [3.05, 3.63) is 47.0 Å². The fourth-order valence-electron chi connectivity index (χ4n) is 3.38. The second kappa shape index (κ2) is 7.23. The molecular formula is C18H24FN3O. The molecule has 0 fully saturated rings. The molecule has 1 aromatic heterocycles. The SMILES string of the molecule is CCCN(CCO)Cc1nn(-c2ccc(F)cc2)c2c1CCC2. The van der Waals surface area contributed by atoms with Crippen LogP contribution in [0.2, 0.25) is 0 Å². The van der Waals surface area contributed by atoms with Gasteiger partial charge in [-0.3, -0.25) is 4.90 Å². The van der Waals surface area contributed by atoms with E-state index in [1.165, 1.54) is 23.4 Å². The highest BCUT2D eigenvalue weighted by Crippen LogP contribution is 2.28. The van der Waals surface area contributed by atoms with Crippen molar-refractivity contribution < 1.29 is 9.50 Å². The fourth-order valence-corrected chi connectivity index (χ4v) is 3.38. The van der Waals surface area contributed by atoms with Crippen LogP contribution in [-0.2, 0) is 19.4 Å². The van der Waals surface area contributed by atoms with Crippen molar-refractivity contribution in [2.24, 2.45) is 0 Å². The first-order valence-corrected chi connectivity index (χ1v) is 8.41. The molecule has 0 aliphatic heterocycles. The highest BCUT2D eigenvalue weighted by molar-refractivity contribution is 5.40. The molecule has 1 N–H and O–H groups in total. The van der Waals surface area contributed by atoms with E-state index >= 15 is 0 Å². The predicted octanol–water partition coefficient (Wildman–Crippen LogP) is 2.70. The Hall–Kier alpha value is -1.72. The fraction of sp³-hybridized carbons (Fsp3) is 0.500. The van der Waals surface area contributed by atoms with Crippen LogP contribution in [0.25, 0.3) is 5.69 Å². The first kappa shape index (κ1) is 16.1. The summed E-state index contributed by atoms with van der Waals surface area (Å²) in [5, 5.41) is 14.0. The van der Waals surface area contributed by atoms with Crippen LogP contribution in [0.5, 0.6) is 0 Å². The van der Waals surface area contributed by atoms with E-state index in [9.17, 15) is 9.50 Å². The van der Waals surface area contributed by atoms with E-state index in [4.69, 9.17) is 5.10 Å². The summed E-state index contributed by atoms with van der Waals surface area (Å²) in [6.07, 6.45) is 4.29. The molecule has 0 saturated heterocycles. The molecule has 23 heavy (non-hydrogen) atoms. The number of halogens is 1. The Labute approximate surface area is 136 Å². The van der Waals surface area contributed by atoms with E-state index in [1.807, 2.05) is 4.68 Å². The highest BCUT2D eigenvalue weighted by atomic mass is 19.1. The van der Waals surface area contributed by atoms with Gasteiger partial charge < -0.3 is 5.11 Å². The second-order valence-electron chi connectivity index (χ2n) is 6.11. The summed E-state index contributed by atoms with van der Waals surface area (Å²) >= 11 is 0. The third kappa shape index (κ3) is 3.46. The minimum absolute atomic E-state index is 0.168. The molecule has 0 spiro atoms. The van der Waals surface area contributed by atoms with E-state index in [0.29, 0.717) is 6.54 Å². The summed E-state index contributed by atoms with van der Waals surface area (Å²) in [6, 6.07) is 6.52.